The second-order valence-corrected chi connectivity index (χ2v) is 5.22. The Morgan fingerprint density at radius 2 is 1.80 bits per heavy atom. The van der Waals surface area contributed by atoms with Gasteiger partial charge >= 0.3 is 5.97 Å². The van der Waals surface area contributed by atoms with Crippen LogP contribution in [0, 0.1) is 16.7 Å². The van der Waals surface area contributed by atoms with E-state index in [2.05, 4.69) is 0 Å². The molecule has 15 heavy (non-hydrogen) atoms. The van der Waals surface area contributed by atoms with Gasteiger partial charge in [-0.05, 0) is 25.2 Å². The van der Waals surface area contributed by atoms with E-state index in [9.17, 15) is 9.59 Å². The van der Waals surface area contributed by atoms with Gasteiger partial charge in [0, 0.05) is 5.41 Å². The highest BCUT2D eigenvalue weighted by Crippen LogP contribution is 2.56. The first-order chi connectivity index (χ1) is 6.77. The Kier molecular flexibility index (Phi) is 2.94. The zero-order valence-corrected chi connectivity index (χ0v) is 10.2. The van der Waals surface area contributed by atoms with Crippen LogP contribution in [0.4, 0.5) is 0 Å². The van der Waals surface area contributed by atoms with E-state index < -0.39 is 5.41 Å². The second kappa shape index (κ2) is 3.62. The summed E-state index contributed by atoms with van der Waals surface area (Å²) in [4.78, 5) is 23.3. The first kappa shape index (κ1) is 12.2. The fourth-order valence-corrected chi connectivity index (χ4v) is 2.69. The van der Waals surface area contributed by atoms with Crippen molar-refractivity contribution in [3.05, 3.63) is 0 Å². The van der Waals surface area contributed by atoms with E-state index >= 15 is 0 Å². The summed E-state index contributed by atoms with van der Waals surface area (Å²) in [6.07, 6.45) is 1.52. The van der Waals surface area contributed by atoms with Crippen molar-refractivity contribution in [3.63, 3.8) is 0 Å². The first-order valence-electron chi connectivity index (χ1n) is 5.36. The highest BCUT2D eigenvalue weighted by atomic mass is 16.5. The van der Waals surface area contributed by atoms with Crippen LogP contribution in [0.25, 0.3) is 0 Å². The number of carbonyl (C=O) groups excluding carboxylic acids is 2. The van der Waals surface area contributed by atoms with Crippen molar-refractivity contribution in [1.29, 1.82) is 0 Å². The minimum atomic E-state index is -0.397. The van der Waals surface area contributed by atoms with E-state index in [1.165, 1.54) is 7.11 Å². The topological polar surface area (TPSA) is 43.4 Å². The van der Waals surface area contributed by atoms with Crippen molar-refractivity contribution in [3.8, 4) is 0 Å². The highest BCUT2D eigenvalue weighted by molar-refractivity contribution is 5.85. The lowest BCUT2D eigenvalue weighted by atomic mass is 9.64. The third kappa shape index (κ3) is 1.58. The number of ether oxygens (including phenoxy) is 1. The first-order valence-corrected chi connectivity index (χ1v) is 5.36. The Bertz CT molecular complexity index is 293. The summed E-state index contributed by atoms with van der Waals surface area (Å²) in [6, 6.07) is 0. The molecule has 1 fully saturated rings. The quantitative estimate of drug-likeness (QED) is 0.659. The lowest BCUT2D eigenvalue weighted by molar-refractivity contribution is -0.151. The zero-order valence-electron chi connectivity index (χ0n) is 10.2. The summed E-state index contributed by atoms with van der Waals surface area (Å²) < 4.78 is 4.79. The van der Waals surface area contributed by atoms with E-state index in [-0.39, 0.29) is 23.1 Å². The predicted octanol–water partition coefficient (Wildman–Crippen LogP) is 2.19. The van der Waals surface area contributed by atoms with Crippen molar-refractivity contribution in [2.75, 3.05) is 7.11 Å². The average molecular weight is 212 g/mol. The van der Waals surface area contributed by atoms with Crippen molar-refractivity contribution in [1.82, 2.24) is 0 Å². The van der Waals surface area contributed by atoms with Crippen LogP contribution in [-0.2, 0) is 14.3 Å². The third-order valence-electron chi connectivity index (χ3n) is 4.49. The van der Waals surface area contributed by atoms with Crippen LogP contribution in [0.5, 0.6) is 0 Å². The van der Waals surface area contributed by atoms with Gasteiger partial charge in [0.2, 0.25) is 0 Å². The molecule has 0 heterocycles. The molecule has 0 spiro atoms. The Morgan fingerprint density at radius 3 is 2.13 bits per heavy atom. The van der Waals surface area contributed by atoms with Crippen molar-refractivity contribution >= 4 is 11.8 Å². The van der Waals surface area contributed by atoms with E-state index in [0.29, 0.717) is 0 Å². The molecule has 1 saturated carbocycles. The molecule has 1 aliphatic rings. The average Bonchev–Trinajstić information content (AvgIpc) is 2.39. The summed E-state index contributed by atoms with van der Waals surface area (Å²) in [5.74, 6) is -0.180. The maximum absolute atomic E-state index is 11.7. The monoisotopic (exact) mass is 212 g/mol. The molecule has 0 aromatic rings. The highest BCUT2D eigenvalue weighted by Gasteiger charge is 2.56. The molecule has 0 saturated heterocycles. The molecule has 3 heteroatoms. The summed E-state index contributed by atoms with van der Waals surface area (Å²) >= 11 is 0. The van der Waals surface area contributed by atoms with Gasteiger partial charge in [0.05, 0.1) is 13.0 Å². The van der Waals surface area contributed by atoms with Crippen LogP contribution in [0.1, 0.15) is 40.5 Å². The number of rotatable bonds is 2. The molecule has 0 unspecified atom stereocenters. The van der Waals surface area contributed by atoms with Crippen LogP contribution >= 0.6 is 0 Å². The number of methoxy groups -OCH3 is 1. The van der Waals surface area contributed by atoms with Crippen LogP contribution in [0.3, 0.4) is 0 Å². The van der Waals surface area contributed by atoms with Gasteiger partial charge in [0.25, 0.3) is 0 Å². The minimum Gasteiger partial charge on any atom is -0.469 e. The van der Waals surface area contributed by atoms with Crippen molar-refractivity contribution in [2.45, 2.75) is 40.5 Å². The molecule has 86 valence electrons. The van der Waals surface area contributed by atoms with Crippen LogP contribution in [0.2, 0.25) is 0 Å². The standard InChI is InChI=1S/C12H20O3/c1-8(13)12(4)7-6-9(10(14)15-5)11(12,2)3/h9H,6-7H2,1-5H3/t9-,12-/m1/s1. The number of hydrogen-bond acceptors (Lipinski definition) is 3. The Morgan fingerprint density at radius 1 is 1.27 bits per heavy atom. The summed E-state index contributed by atoms with van der Waals surface area (Å²) in [6.45, 7) is 7.55. The number of Topliss-reactive ketones (excluding diaryl/α,β-unsaturated/α-hetero) is 1. The van der Waals surface area contributed by atoms with Gasteiger partial charge in [-0.15, -0.1) is 0 Å². The molecule has 0 radical (unpaired) electrons. The Balaban J connectivity index is 3.04. The van der Waals surface area contributed by atoms with E-state index in [0.717, 1.165) is 12.8 Å². The molecule has 0 aromatic heterocycles. The molecule has 2 atom stereocenters. The van der Waals surface area contributed by atoms with Gasteiger partial charge in [-0.25, -0.2) is 0 Å². The largest absolute Gasteiger partial charge is 0.469 e. The molecule has 1 rings (SSSR count). The molecule has 0 aliphatic heterocycles. The lowest BCUT2D eigenvalue weighted by Gasteiger charge is -2.38. The van der Waals surface area contributed by atoms with Gasteiger partial charge in [0.1, 0.15) is 5.78 Å². The van der Waals surface area contributed by atoms with E-state index in [4.69, 9.17) is 4.74 Å². The minimum absolute atomic E-state index is 0.156. The third-order valence-corrected chi connectivity index (χ3v) is 4.49. The van der Waals surface area contributed by atoms with Crippen LogP contribution in [-0.4, -0.2) is 18.9 Å². The van der Waals surface area contributed by atoms with Crippen molar-refractivity contribution in [2.24, 2.45) is 16.7 Å². The summed E-state index contributed by atoms with van der Waals surface area (Å²) in [5, 5.41) is 0. The normalized spacial score (nSPS) is 33.8. The Hall–Kier alpha value is -0.860. The SMILES string of the molecule is COC(=O)[C@H]1CC[C@](C)(C(C)=O)C1(C)C. The van der Waals surface area contributed by atoms with E-state index in [1.807, 2.05) is 20.8 Å². The summed E-state index contributed by atoms with van der Waals surface area (Å²) in [7, 11) is 1.40. The molecule has 0 N–H and O–H groups in total. The summed E-state index contributed by atoms with van der Waals surface area (Å²) in [5.41, 5.74) is -0.711. The maximum Gasteiger partial charge on any atom is 0.309 e. The lowest BCUT2D eigenvalue weighted by Crippen LogP contribution is -2.41. The zero-order chi connectivity index (χ0) is 11.9. The number of hydrogen-bond donors (Lipinski definition) is 0. The van der Waals surface area contributed by atoms with Crippen LogP contribution < -0.4 is 0 Å². The predicted molar refractivity (Wildman–Crippen MR) is 57.3 cm³/mol. The van der Waals surface area contributed by atoms with Crippen molar-refractivity contribution < 1.29 is 14.3 Å². The number of ketones is 1. The van der Waals surface area contributed by atoms with Crippen LogP contribution in [0.15, 0.2) is 0 Å². The molecular weight excluding hydrogens is 192 g/mol. The fraction of sp³-hybridized carbons (Fsp3) is 0.833. The van der Waals surface area contributed by atoms with E-state index in [1.54, 1.807) is 6.92 Å². The van der Waals surface area contributed by atoms with Gasteiger partial charge in [-0.2, -0.15) is 0 Å². The van der Waals surface area contributed by atoms with Gasteiger partial charge in [0.15, 0.2) is 0 Å². The fourth-order valence-electron chi connectivity index (χ4n) is 2.69. The van der Waals surface area contributed by atoms with Gasteiger partial charge in [-0.3, -0.25) is 9.59 Å². The molecule has 3 nitrogen and oxygen atoms in total. The molecule has 0 bridgehead atoms. The van der Waals surface area contributed by atoms with Gasteiger partial charge in [-0.1, -0.05) is 20.8 Å². The number of esters is 1. The molecule has 1 aliphatic carbocycles. The molecular formula is C12H20O3. The Labute approximate surface area is 91.2 Å². The number of carbonyl (C=O) groups is 2. The maximum atomic E-state index is 11.7. The van der Waals surface area contributed by atoms with Gasteiger partial charge < -0.3 is 4.74 Å². The smallest absolute Gasteiger partial charge is 0.309 e. The molecule has 0 amide bonds. The molecule has 0 aromatic carbocycles. The second-order valence-electron chi connectivity index (χ2n) is 5.22.